The first-order chi connectivity index (χ1) is 7.90. The molecule has 0 aliphatic rings. The topological polar surface area (TPSA) is 12.0 Å². The molecule has 0 bridgehead atoms. The summed E-state index contributed by atoms with van der Waals surface area (Å²) in [5, 5.41) is 6.09. The third-order valence-corrected chi connectivity index (χ3v) is 3.24. The van der Waals surface area contributed by atoms with Crippen LogP contribution in [0.15, 0.2) is 42.5 Å². The summed E-state index contributed by atoms with van der Waals surface area (Å²) in [6.07, 6.45) is 2.14. The molecule has 0 atom stereocenters. The maximum absolute atomic E-state index is 3.45. The third-order valence-electron chi connectivity index (χ3n) is 2.63. The van der Waals surface area contributed by atoms with Gasteiger partial charge in [-0.05, 0) is 28.7 Å². The predicted octanol–water partition coefficient (Wildman–Crippen LogP) is 3.29. The van der Waals surface area contributed by atoms with E-state index in [2.05, 4.69) is 54.0 Å². The fraction of sp³-hybridized carbons (Fsp3) is 0.286. The average Bonchev–Trinajstić information content (AvgIpc) is 2.34. The molecule has 2 aromatic carbocycles. The normalized spacial score (nSPS) is 10.8. The number of benzene rings is 2. The molecule has 0 fully saturated rings. The van der Waals surface area contributed by atoms with Gasteiger partial charge in [0.15, 0.2) is 0 Å². The van der Waals surface area contributed by atoms with E-state index in [4.69, 9.17) is 0 Å². The van der Waals surface area contributed by atoms with E-state index in [9.17, 15) is 0 Å². The zero-order chi connectivity index (χ0) is 11.2. The van der Waals surface area contributed by atoms with E-state index in [1.807, 2.05) is 11.8 Å². The summed E-state index contributed by atoms with van der Waals surface area (Å²) in [6, 6.07) is 15.2. The lowest BCUT2D eigenvalue weighted by Gasteiger charge is -2.05. The second kappa shape index (κ2) is 5.92. The largest absolute Gasteiger partial charge is 0.312 e. The molecule has 0 spiro atoms. The molecule has 2 rings (SSSR count). The summed E-state index contributed by atoms with van der Waals surface area (Å²) in [4.78, 5) is 0. The highest BCUT2D eigenvalue weighted by Gasteiger charge is 1.95. The van der Waals surface area contributed by atoms with Crippen molar-refractivity contribution in [2.24, 2.45) is 0 Å². The second-order valence-electron chi connectivity index (χ2n) is 3.85. The van der Waals surface area contributed by atoms with Crippen molar-refractivity contribution in [3.8, 4) is 0 Å². The molecule has 16 heavy (non-hydrogen) atoms. The zero-order valence-electron chi connectivity index (χ0n) is 9.57. The van der Waals surface area contributed by atoms with E-state index in [0.29, 0.717) is 0 Å². The molecule has 2 heteroatoms. The van der Waals surface area contributed by atoms with Crippen molar-refractivity contribution in [1.82, 2.24) is 5.32 Å². The van der Waals surface area contributed by atoms with Crippen LogP contribution in [0.4, 0.5) is 0 Å². The smallest absolute Gasteiger partial charge is 0.0206 e. The van der Waals surface area contributed by atoms with Gasteiger partial charge in [0.25, 0.3) is 0 Å². The highest BCUT2D eigenvalue weighted by Crippen LogP contribution is 2.15. The van der Waals surface area contributed by atoms with E-state index in [-0.39, 0.29) is 0 Å². The molecule has 0 radical (unpaired) electrons. The number of thioether (sulfide) groups is 1. The van der Waals surface area contributed by atoms with Crippen molar-refractivity contribution in [3.05, 3.63) is 48.0 Å². The fourth-order valence-electron chi connectivity index (χ4n) is 1.76. The first kappa shape index (κ1) is 11.5. The summed E-state index contributed by atoms with van der Waals surface area (Å²) in [7, 11) is 0. The Morgan fingerprint density at radius 3 is 2.69 bits per heavy atom. The Morgan fingerprint density at radius 2 is 1.88 bits per heavy atom. The van der Waals surface area contributed by atoms with Gasteiger partial charge in [-0.15, -0.1) is 0 Å². The van der Waals surface area contributed by atoms with E-state index < -0.39 is 0 Å². The van der Waals surface area contributed by atoms with Crippen LogP contribution in [0.25, 0.3) is 10.8 Å². The molecule has 2 aromatic rings. The molecule has 1 nitrogen and oxygen atoms in total. The van der Waals surface area contributed by atoms with Crippen LogP contribution in [0.5, 0.6) is 0 Å². The molecule has 0 aromatic heterocycles. The molecule has 0 aliphatic heterocycles. The lowest BCUT2D eigenvalue weighted by Crippen LogP contribution is -2.16. The molecule has 0 saturated heterocycles. The standard InChI is InChI=1S/C14H17NS/c1-16-9-8-15-11-12-6-7-13-4-2-3-5-14(13)10-12/h2-7,10,15H,8-9,11H2,1H3. The number of fused-ring (bicyclic) bond motifs is 1. The fourth-order valence-corrected chi connectivity index (χ4v) is 2.10. The minimum Gasteiger partial charge on any atom is -0.312 e. The third kappa shape index (κ3) is 3.00. The number of hydrogen-bond acceptors (Lipinski definition) is 2. The molecule has 1 N–H and O–H groups in total. The van der Waals surface area contributed by atoms with Gasteiger partial charge in [-0.2, -0.15) is 11.8 Å². The highest BCUT2D eigenvalue weighted by atomic mass is 32.2. The van der Waals surface area contributed by atoms with Crippen LogP contribution in [0, 0.1) is 0 Å². The lowest BCUT2D eigenvalue weighted by atomic mass is 10.1. The van der Waals surface area contributed by atoms with Gasteiger partial charge in [-0.25, -0.2) is 0 Å². The van der Waals surface area contributed by atoms with Crippen LogP contribution in [0.2, 0.25) is 0 Å². The Balaban J connectivity index is 2.02. The molecule has 84 valence electrons. The monoisotopic (exact) mass is 231 g/mol. The van der Waals surface area contributed by atoms with Crippen molar-refractivity contribution in [2.75, 3.05) is 18.6 Å². The Labute approximate surface area is 101 Å². The van der Waals surface area contributed by atoms with Crippen molar-refractivity contribution in [1.29, 1.82) is 0 Å². The van der Waals surface area contributed by atoms with Gasteiger partial charge in [0.05, 0.1) is 0 Å². The maximum Gasteiger partial charge on any atom is 0.0206 e. The SMILES string of the molecule is CSCCNCc1ccc2ccccc2c1. The second-order valence-corrected chi connectivity index (χ2v) is 4.84. The minimum atomic E-state index is 0.964. The van der Waals surface area contributed by atoms with Gasteiger partial charge >= 0.3 is 0 Å². The van der Waals surface area contributed by atoms with Crippen molar-refractivity contribution in [3.63, 3.8) is 0 Å². The van der Waals surface area contributed by atoms with Crippen LogP contribution >= 0.6 is 11.8 Å². The molecule has 0 unspecified atom stereocenters. The average molecular weight is 231 g/mol. The van der Waals surface area contributed by atoms with Crippen molar-refractivity contribution >= 4 is 22.5 Å². The summed E-state index contributed by atoms with van der Waals surface area (Å²) < 4.78 is 0. The summed E-state index contributed by atoms with van der Waals surface area (Å²) >= 11 is 1.88. The van der Waals surface area contributed by atoms with Gasteiger partial charge < -0.3 is 5.32 Å². The zero-order valence-corrected chi connectivity index (χ0v) is 10.4. The Morgan fingerprint density at radius 1 is 1.06 bits per heavy atom. The van der Waals surface area contributed by atoms with E-state index in [1.54, 1.807) is 0 Å². The highest BCUT2D eigenvalue weighted by molar-refractivity contribution is 7.98. The van der Waals surface area contributed by atoms with Crippen LogP contribution in [0.3, 0.4) is 0 Å². The quantitative estimate of drug-likeness (QED) is 0.792. The van der Waals surface area contributed by atoms with Crippen LogP contribution < -0.4 is 5.32 Å². The summed E-state index contributed by atoms with van der Waals surface area (Å²) in [6.45, 7) is 2.04. The van der Waals surface area contributed by atoms with Crippen LogP contribution in [0.1, 0.15) is 5.56 Å². The summed E-state index contributed by atoms with van der Waals surface area (Å²) in [5.74, 6) is 1.17. The van der Waals surface area contributed by atoms with Gasteiger partial charge in [0.2, 0.25) is 0 Å². The summed E-state index contributed by atoms with van der Waals surface area (Å²) in [5.41, 5.74) is 1.36. The van der Waals surface area contributed by atoms with E-state index in [0.717, 1.165) is 13.1 Å². The Hall–Kier alpha value is -0.990. The Kier molecular flexibility index (Phi) is 4.25. The number of nitrogens with one attached hydrogen (secondary N) is 1. The van der Waals surface area contributed by atoms with Gasteiger partial charge in [0, 0.05) is 18.8 Å². The predicted molar refractivity (Wildman–Crippen MR) is 74.0 cm³/mol. The molecular formula is C14H17NS. The van der Waals surface area contributed by atoms with Gasteiger partial charge in [0.1, 0.15) is 0 Å². The molecular weight excluding hydrogens is 214 g/mol. The van der Waals surface area contributed by atoms with E-state index >= 15 is 0 Å². The first-order valence-corrected chi connectivity index (χ1v) is 6.97. The molecule has 0 saturated carbocycles. The first-order valence-electron chi connectivity index (χ1n) is 5.57. The van der Waals surface area contributed by atoms with Crippen LogP contribution in [-0.4, -0.2) is 18.6 Å². The number of rotatable bonds is 5. The van der Waals surface area contributed by atoms with Crippen molar-refractivity contribution < 1.29 is 0 Å². The van der Waals surface area contributed by atoms with E-state index in [1.165, 1.54) is 22.1 Å². The van der Waals surface area contributed by atoms with Crippen LogP contribution in [-0.2, 0) is 6.54 Å². The minimum absolute atomic E-state index is 0.964. The Bertz CT molecular complexity index is 453. The van der Waals surface area contributed by atoms with Gasteiger partial charge in [-0.1, -0.05) is 36.4 Å². The van der Waals surface area contributed by atoms with Crippen molar-refractivity contribution in [2.45, 2.75) is 6.54 Å². The van der Waals surface area contributed by atoms with Gasteiger partial charge in [-0.3, -0.25) is 0 Å². The molecule has 0 amide bonds. The number of hydrogen-bond donors (Lipinski definition) is 1. The maximum atomic E-state index is 3.45. The molecule has 0 heterocycles. The lowest BCUT2D eigenvalue weighted by molar-refractivity contribution is 0.733. The molecule has 0 aliphatic carbocycles.